The van der Waals surface area contributed by atoms with Gasteiger partial charge in [0.05, 0.1) is 16.6 Å². The van der Waals surface area contributed by atoms with Crippen molar-refractivity contribution >= 4 is 17.3 Å². The molecule has 0 aromatic carbocycles. The van der Waals surface area contributed by atoms with Gasteiger partial charge in [-0.15, -0.1) is 11.3 Å². The van der Waals surface area contributed by atoms with Gasteiger partial charge in [-0.2, -0.15) is 0 Å². The number of aromatic nitrogens is 1. The molecule has 0 bridgehead atoms. The number of carboxylic acid groups (broad SMARTS) is 1. The third-order valence-corrected chi connectivity index (χ3v) is 5.17. The van der Waals surface area contributed by atoms with Crippen LogP contribution in [0.1, 0.15) is 66.9 Å². The lowest BCUT2D eigenvalue weighted by Gasteiger charge is -2.14. The maximum atomic E-state index is 11.4. The van der Waals surface area contributed by atoms with Crippen LogP contribution in [0, 0.1) is 12.8 Å². The van der Waals surface area contributed by atoms with E-state index in [0.717, 1.165) is 15.6 Å². The summed E-state index contributed by atoms with van der Waals surface area (Å²) in [6.07, 6.45) is 4.99. The van der Waals surface area contributed by atoms with Gasteiger partial charge < -0.3 is 5.11 Å². The highest BCUT2D eigenvalue weighted by Gasteiger charge is 2.30. The van der Waals surface area contributed by atoms with Crippen molar-refractivity contribution in [3.63, 3.8) is 0 Å². The fraction of sp³-hybridized carbons (Fsp3) is 0.714. The normalized spacial score (nSPS) is 18.4. The van der Waals surface area contributed by atoms with Gasteiger partial charge in [-0.3, -0.25) is 4.79 Å². The van der Waals surface area contributed by atoms with Crippen molar-refractivity contribution < 1.29 is 9.90 Å². The Bertz CT molecular complexity index is 433. The van der Waals surface area contributed by atoms with Gasteiger partial charge in [0.15, 0.2) is 0 Å². The zero-order valence-corrected chi connectivity index (χ0v) is 12.1. The molecule has 0 aliphatic heterocycles. The van der Waals surface area contributed by atoms with Gasteiger partial charge in [0.1, 0.15) is 0 Å². The Labute approximate surface area is 112 Å². The zero-order chi connectivity index (χ0) is 13.3. The van der Waals surface area contributed by atoms with E-state index in [9.17, 15) is 9.90 Å². The van der Waals surface area contributed by atoms with Crippen molar-refractivity contribution in [2.24, 2.45) is 5.92 Å². The molecule has 1 atom stereocenters. The van der Waals surface area contributed by atoms with Crippen LogP contribution in [0.4, 0.5) is 0 Å². The van der Waals surface area contributed by atoms with E-state index in [2.05, 4.69) is 4.98 Å². The maximum absolute atomic E-state index is 11.4. The van der Waals surface area contributed by atoms with Gasteiger partial charge in [-0.1, -0.05) is 26.7 Å². The van der Waals surface area contributed by atoms with E-state index in [-0.39, 0.29) is 5.92 Å². The van der Waals surface area contributed by atoms with E-state index >= 15 is 0 Å². The number of nitrogens with zero attached hydrogens (tertiary/aromatic N) is 1. The average Bonchev–Trinajstić information content (AvgIpc) is 2.87. The summed E-state index contributed by atoms with van der Waals surface area (Å²) in [6, 6.07) is 0. The average molecular weight is 267 g/mol. The molecule has 1 unspecified atom stereocenters. The number of hydrogen-bond acceptors (Lipinski definition) is 3. The predicted octanol–water partition coefficient (Wildman–Crippen LogP) is 3.93. The molecule has 0 radical (unpaired) electrons. The molecule has 1 aromatic rings. The van der Waals surface area contributed by atoms with Gasteiger partial charge in [0, 0.05) is 10.8 Å². The van der Waals surface area contributed by atoms with Gasteiger partial charge in [0.25, 0.3) is 0 Å². The fourth-order valence-corrected chi connectivity index (χ4v) is 4.27. The largest absolute Gasteiger partial charge is 0.481 e. The number of thiazole rings is 1. The molecule has 18 heavy (non-hydrogen) atoms. The van der Waals surface area contributed by atoms with Crippen molar-refractivity contribution in [1.29, 1.82) is 0 Å². The second-order valence-electron chi connectivity index (χ2n) is 5.54. The summed E-state index contributed by atoms with van der Waals surface area (Å²) in [5.41, 5.74) is 0.919. The van der Waals surface area contributed by atoms with Crippen LogP contribution in [0.5, 0.6) is 0 Å². The summed E-state index contributed by atoms with van der Waals surface area (Å²) in [5, 5.41) is 10.5. The number of carbonyl (C=O) groups is 1. The molecule has 4 heteroatoms. The molecule has 1 aliphatic rings. The number of carboxylic acids is 1. The molecule has 1 aliphatic carbocycles. The molecule has 2 rings (SSSR count). The molecule has 3 nitrogen and oxygen atoms in total. The Morgan fingerprint density at radius 3 is 2.50 bits per heavy atom. The molecule has 0 amide bonds. The van der Waals surface area contributed by atoms with Crippen LogP contribution in [0.15, 0.2) is 0 Å². The fourth-order valence-electron chi connectivity index (χ4n) is 2.77. The topological polar surface area (TPSA) is 50.2 Å². The molecule has 1 saturated carbocycles. The third-order valence-electron chi connectivity index (χ3n) is 3.77. The number of rotatable bonds is 4. The summed E-state index contributed by atoms with van der Waals surface area (Å²) >= 11 is 1.63. The van der Waals surface area contributed by atoms with Gasteiger partial charge >= 0.3 is 5.97 Å². The monoisotopic (exact) mass is 267 g/mol. The minimum absolute atomic E-state index is 0.109. The molecular weight excluding hydrogens is 246 g/mol. The Hall–Kier alpha value is -0.900. The van der Waals surface area contributed by atoms with E-state index in [1.165, 1.54) is 25.7 Å². The van der Waals surface area contributed by atoms with Crippen LogP contribution in [-0.4, -0.2) is 16.1 Å². The third kappa shape index (κ3) is 2.58. The lowest BCUT2D eigenvalue weighted by molar-refractivity contribution is -0.139. The highest BCUT2D eigenvalue weighted by Crippen LogP contribution is 2.40. The molecule has 1 fully saturated rings. The van der Waals surface area contributed by atoms with Crippen LogP contribution in [0.3, 0.4) is 0 Å². The number of aryl methyl sites for hydroxylation is 1. The molecule has 0 saturated heterocycles. The minimum Gasteiger partial charge on any atom is -0.481 e. The quantitative estimate of drug-likeness (QED) is 0.899. The van der Waals surface area contributed by atoms with Crippen LogP contribution in [0.25, 0.3) is 0 Å². The zero-order valence-electron chi connectivity index (χ0n) is 11.3. The minimum atomic E-state index is -0.727. The first-order valence-corrected chi connectivity index (χ1v) is 7.52. The van der Waals surface area contributed by atoms with Gasteiger partial charge in [-0.25, -0.2) is 4.98 Å². The summed E-state index contributed by atoms with van der Waals surface area (Å²) in [7, 11) is 0. The van der Waals surface area contributed by atoms with E-state index in [1.54, 1.807) is 11.3 Å². The molecular formula is C14H21NO2S. The second-order valence-corrected chi connectivity index (χ2v) is 6.61. The first-order valence-electron chi connectivity index (χ1n) is 6.70. The first kappa shape index (κ1) is 13.5. The number of hydrogen-bond donors (Lipinski definition) is 1. The van der Waals surface area contributed by atoms with Gasteiger partial charge in [0.2, 0.25) is 0 Å². The van der Waals surface area contributed by atoms with Crippen molar-refractivity contribution in [1.82, 2.24) is 4.98 Å². The lowest BCUT2D eigenvalue weighted by Crippen LogP contribution is -2.17. The summed E-state index contributed by atoms with van der Waals surface area (Å²) in [6.45, 7) is 5.88. The van der Waals surface area contributed by atoms with Crippen LogP contribution in [0.2, 0.25) is 0 Å². The Kier molecular flexibility index (Phi) is 4.05. The predicted molar refractivity (Wildman–Crippen MR) is 73.3 cm³/mol. The summed E-state index contributed by atoms with van der Waals surface area (Å²) < 4.78 is 0. The summed E-state index contributed by atoms with van der Waals surface area (Å²) in [5.74, 6) is -0.450. The van der Waals surface area contributed by atoms with E-state index in [0.29, 0.717) is 5.92 Å². The molecule has 100 valence electrons. The van der Waals surface area contributed by atoms with Crippen molar-refractivity contribution in [3.8, 4) is 0 Å². The van der Waals surface area contributed by atoms with Crippen molar-refractivity contribution in [2.75, 3.05) is 0 Å². The van der Waals surface area contributed by atoms with Crippen LogP contribution < -0.4 is 0 Å². The Morgan fingerprint density at radius 1 is 1.39 bits per heavy atom. The van der Waals surface area contributed by atoms with E-state index < -0.39 is 11.9 Å². The maximum Gasteiger partial charge on any atom is 0.312 e. The summed E-state index contributed by atoms with van der Waals surface area (Å²) in [4.78, 5) is 17.0. The highest BCUT2D eigenvalue weighted by atomic mass is 32.1. The number of aliphatic carboxylic acids is 1. The first-order chi connectivity index (χ1) is 8.50. The lowest BCUT2D eigenvalue weighted by atomic mass is 9.93. The highest BCUT2D eigenvalue weighted by molar-refractivity contribution is 7.12. The molecule has 1 N–H and O–H groups in total. The Morgan fingerprint density at radius 2 is 2.00 bits per heavy atom. The standard InChI is InChI=1S/C14H21NO2S/c1-8(2)11(14(16)17)12-9(3)15-13(18-12)10-6-4-5-7-10/h8,10-11H,4-7H2,1-3H3,(H,16,17). The van der Waals surface area contributed by atoms with E-state index in [1.807, 2.05) is 20.8 Å². The van der Waals surface area contributed by atoms with Gasteiger partial charge in [-0.05, 0) is 25.7 Å². The van der Waals surface area contributed by atoms with Crippen LogP contribution in [-0.2, 0) is 4.79 Å². The SMILES string of the molecule is Cc1nc(C2CCCC2)sc1C(C(=O)O)C(C)C. The van der Waals surface area contributed by atoms with Crippen molar-refractivity contribution in [3.05, 3.63) is 15.6 Å². The van der Waals surface area contributed by atoms with Crippen LogP contribution >= 0.6 is 11.3 Å². The molecule has 0 spiro atoms. The molecule has 1 heterocycles. The second kappa shape index (κ2) is 5.39. The van der Waals surface area contributed by atoms with E-state index in [4.69, 9.17) is 0 Å². The molecule has 1 aromatic heterocycles. The Balaban J connectivity index is 2.29. The van der Waals surface area contributed by atoms with Crippen molar-refractivity contribution in [2.45, 2.75) is 58.3 Å². The smallest absolute Gasteiger partial charge is 0.312 e.